The molecule has 0 spiro atoms. The van der Waals surface area contributed by atoms with E-state index in [4.69, 9.17) is 23.8 Å². The summed E-state index contributed by atoms with van der Waals surface area (Å²) in [5, 5.41) is 11.6. The third kappa shape index (κ3) is 11.0. The van der Waals surface area contributed by atoms with Gasteiger partial charge in [0.1, 0.15) is 0 Å². The summed E-state index contributed by atoms with van der Waals surface area (Å²) in [5.41, 5.74) is 4.67. The van der Waals surface area contributed by atoms with Gasteiger partial charge in [-0.25, -0.2) is 36.9 Å². The highest BCUT2D eigenvalue weighted by atomic mass is 35.7. The maximum atomic E-state index is 13.2. The topological polar surface area (TPSA) is 250 Å². The van der Waals surface area contributed by atoms with Gasteiger partial charge in [0.25, 0.3) is 26.0 Å². The number of aryl methyl sites for hydroxylation is 1. The summed E-state index contributed by atoms with van der Waals surface area (Å²) in [6.07, 6.45) is 0. The molecule has 0 radical (unpaired) electrons. The summed E-state index contributed by atoms with van der Waals surface area (Å²) in [7, 11) is -11.9. The zero-order chi connectivity index (χ0) is 35.3. The lowest BCUT2D eigenvalue weighted by atomic mass is 9.97. The molecule has 2 aromatic heterocycles. The Kier molecular flexibility index (Phi) is 12.2. The molecule has 1 amide bonds. The van der Waals surface area contributed by atoms with Crippen LogP contribution in [-0.4, -0.2) is 32.5 Å². The minimum atomic E-state index is -4.94. The fraction of sp³-hybridized carbons (Fsp3) is 0.286. The Balaban J connectivity index is 0.00000111. The molecule has 0 fully saturated rings. The molecule has 19 heteroatoms. The number of primary sulfonamides is 1. The third-order valence-corrected chi connectivity index (χ3v) is 10.1. The molecule has 3 N–H and O–H groups in total. The molecular weight excluding hydrogens is 696 g/mol. The number of anilines is 1. The second-order valence-electron chi connectivity index (χ2n) is 10.7. The third-order valence-electron chi connectivity index (χ3n) is 6.39. The van der Waals surface area contributed by atoms with Crippen LogP contribution in [0.2, 0.25) is 0 Å². The lowest BCUT2D eigenvalue weighted by Crippen LogP contribution is -2.68. The van der Waals surface area contributed by atoms with Crippen molar-refractivity contribution >= 4 is 43.0 Å². The lowest BCUT2D eigenvalue weighted by molar-refractivity contribution is -2.00. The fourth-order valence-corrected chi connectivity index (χ4v) is 7.10. The first kappa shape index (κ1) is 37.9. The van der Waals surface area contributed by atoms with Crippen LogP contribution in [0.25, 0.3) is 11.1 Å². The number of rotatable bonds is 9. The highest BCUT2D eigenvalue weighted by molar-refractivity contribution is 7.91. The molecule has 4 aromatic rings. The smallest absolute Gasteiger partial charge is 0.290 e. The first-order valence-electron chi connectivity index (χ1n) is 13.7. The first-order chi connectivity index (χ1) is 21.7. The normalized spacial score (nSPS) is 12.6. The van der Waals surface area contributed by atoms with E-state index in [-0.39, 0.29) is 34.0 Å². The summed E-state index contributed by atoms with van der Waals surface area (Å²) in [6.45, 7) is 8.45. The average molecular weight is 729 g/mol. The Bertz CT molecular complexity index is 1970. The maximum absolute atomic E-state index is 13.2. The summed E-state index contributed by atoms with van der Waals surface area (Å²) in [5.74, 6) is 0.0611. The number of benzene rings is 2. The fourth-order valence-electron chi connectivity index (χ4n) is 4.33. The molecular formula is C28H33ClN6O9S3. The Labute approximate surface area is 278 Å². The average Bonchev–Trinajstić information content (AvgIpc) is 3.32. The molecule has 47 heavy (non-hydrogen) atoms. The Morgan fingerprint density at radius 2 is 1.45 bits per heavy atom. The SMILES string of the molecule is CC(C)c1cc(-c2ccccc2)cc(C(C)C)[n+]1CC(=O)Nc1ccc(S(=O)(=O)/N=c2/sc(S(N)(=O)=O)nn2C)cc1.[O-][Cl+3]([O-])([O-])[O-]. The van der Waals surface area contributed by atoms with Crippen LogP contribution in [0.4, 0.5) is 5.69 Å². The van der Waals surface area contributed by atoms with E-state index in [0.29, 0.717) is 17.0 Å². The van der Waals surface area contributed by atoms with Gasteiger partial charge in [-0.2, -0.15) is 13.0 Å². The number of nitrogens with one attached hydrogen (secondary N) is 1. The van der Waals surface area contributed by atoms with Crippen molar-refractivity contribution in [2.75, 3.05) is 5.32 Å². The van der Waals surface area contributed by atoms with Crippen LogP contribution in [-0.2, 0) is 38.4 Å². The molecule has 4 rings (SSSR count). The standard InChI is InChI=1S/C28H32N6O5S3.ClHO4/c1-18(2)24-15-21(20-9-7-6-8-10-20)16-25(19(3)4)34(24)17-26(35)30-22-11-13-23(14-12-22)42(38,39)32-27-33(5)31-28(40-27)41(29,36)37;2-1(3,4)5/h6-16,18-19H,17H2,1-5H3,(H2-,29,30,35,36,37);(H,2,3,4,5)/b32-27+;. The van der Waals surface area contributed by atoms with Gasteiger partial charge in [0.2, 0.25) is 15.7 Å². The Morgan fingerprint density at radius 3 is 1.89 bits per heavy atom. The first-order valence-corrected chi connectivity index (χ1v) is 18.7. The van der Waals surface area contributed by atoms with Crippen LogP contribution in [0.15, 0.2) is 80.4 Å². The van der Waals surface area contributed by atoms with Crippen LogP contribution in [0.5, 0.6) is 0 Å². The van der Waals surface area contributed by atoms with Crippen molar-refractivity contribution in [3.8, 4) is 11.1 Å². The maximum Gasteiger partial charge on any atom is 0.290 e. The monoisotopic (exact) mass is 728 g/mol. The number of aromatic nitrogens is 3. The molecule has 15 nitrogen and oxygen atoms in total. The molecule has 0 aliphatic carbocycles. The van der Waals surface area contributed by atoms with Crippen molar-refractivity contribution in [1.29, 1.82) is 0 Å². The number of pyridine rings is 1. The van der Waals surface area contributed by atoms with E-state index in [1.165, 1.54) is 31.3 Å². The molecule has 0 unspecified atom stereocenters. The van der Waals surface area contributed by atoms with E-state index in [1.807, 2.05) is 22.8 Å². The molecule has 0 atom stereocenters. The zero-order valence-electron chi connectivity index (χ0n) is 25.9. The van der Waals surface area contributed by atoms with Crippen LogP contribution in [0.3, 0.4) is 0 Å². The van der Waals surface area contributed by atoms with Gasteiger partial charge in [-0.1, -0.05) is 69.4 Å². The van der Waals surface area contributed by atoms with E-state index < -0.39 is 34.6 Å². The van der Waals surface area contributed by atoms with Gasteiger partial charge in [-0.15, -0.1) is 19.7 Å². The molecule has 0 bridgehead atoms. The summed E-state index contributed by atoms with van der Waals surface area (Å²) >= 11 is 0.540. The van der Waals surface area contributed by atoms with E-state index >= 15 is 0 Å². The van der Waals surface area contributed by atoms with Crippen LogP contribution >= 0.6 is 11.3 Å². The molecule has 0 aliphatic rings. The van der Waals surface area contributed by atoms with E-state index in [9.17, 15) is 21.6 Å². The number of nitrogens with zero attached hydrogens (tertiary/aromatic N) is 4. The molecule has 0 saturated carbocycles. The molecule has 0 aliphatic heterocycles. The number of amides is 1. The Morgan fingerprint density at radius 1 is 0.936 bits per heavy atom. The lowest BCUT2D eigenvalue weighted by Gasteiger charge is -2.17. The number of hydrogen-bond acceptors (Lipinski definition) is 11. The van der Waals surface area contributed by atoms with E-state index in [1.54, 1.807) is 0 Å². The quantitative estimate of drug-likeness (QED) is 0.189. The predicted molar refractivity (Wildman–Crippen MR) is 161 cm³/mol. The van der Waals surface area contributed by atoms with Crippen LogP contribution in [0, 0.1) is 10.2 Å². The highest BCUT2D eigenvalue weighted by Gasteiger charge is 2.26. The van der Waals surface area contributed by atoms with Gasteiger partial charge in [-0.05, 0) is 35.4 Å². The largest absolute Gasteiger partial charge is 0.321 e. The zero-order valence-corrected chi connectivity index (χ0v) is 29.1. The molecule has 2 aromatic carbocycles. The summed E-state index contributed by atoms with van der Waals surface area (Å²) in [6, 6.07) is 19.9. The predicted octanol–water partition coefficient (Wildman–Crippen LogP) is -1.50. The van der Waals surface area contributed by atoms with Crippen LogP contribution < -0.4 is 38.5 Å². The molecule has 254 valence electrons. The number of hydrogen-bond donors (Lipinski definition) is 2. The van der Waals surface area contributed by atoms with Gasteiger partial charge in [-0.3, -0.25) is 4.79 Å². The number of nitrogens with two attached hydrogens (primary N) is 1. The number of halogens is 1. The number of sulfonamides is 2. The minimum absolute atomic E-state index is 0.0831. The summed E-state index contributed by atoms with van der Waals surface area (Å²) < 4.78 is 89.1. The van der Waals surface area contributed by atoms with Crippen molar-refractivity contribution in [1.82, 2.24) is 9.78 Å². The number of carbonyl (C=O) groups excluding carboxylic acids is 1. The van der Waals surface area contributed by atoms with Gasteiger partial charge >= 0.3 is 0 Å². The van der Waals surface area contributed by atoms with Crippen molar-refractivity contribution < 1.29 is 55.1 Å². The molecule has 0 saturated heterocycles. The van der Waals surface area contributed by atoms with Crippen molar-refractivity contribution in [2.45, 2.75) is 55.3 Å². The second kappa shape index (κ2) is 15.1. The van der Waals surface area contributed by atoms with Gasteiger partial charge < -0.3 is 5.32 Å². The van der Waals surface area contributed by atoms with Gasteiger partial charge in [0.15, 0.2) is 11.4 Å². The summed E-state index contributed by atoms with van der Waals surface area (Å²) in [4.78, 5) is 12.9. The Hall–Kier alpha value is -3.59. The second-order valence-corrected chi connectivity index (χ2v) is 15.7. The highest BCUT2D eigenvalue weighted by Crippen LogP contribution is 2.26. The van der Waals surface area contributed by atoms with Crippen LogP contribution in [0.1, 0.15) is 50.9 Å². The van der Waals surface area contributed by atoms with Crippen molar-refractivity contribution in [3.63, 3.8) is 0 Å². The molecule has 2 heterocycles. The van der Waals surface area contributed by atoms with Crippen molar-refractivity contribution in [2.24, 2.45) is 16.6 Å². The van der Waals surface area contributed by atoms with Gasteiger partial charge in [0, 0.05) is 36.7 Å². The number of carbonyl (C=O) groups is 1. The minimum Gasteiger partial charge on any atom is -0.321 e. The van der Waals surface area contributed by atoms with E-state index in [2.05, 4.69) is 66.8 Å². The van der Waals surface area contributed by atoms with Gasteiger partial charge in [0.05, 0.1) is 4.90 Å². The van der Waals surface area contributed by atoms with E-state index in [0.717, 1.165) is 27.2 Å². The van der Waals surface area contributed by atoms with Crippen molar-refractivity contribution in [3.05, 3.63) is 82.9 Å².